The molecule has 1 aromatic rings. The van der Waals surface area contributed by atoms with E-state index in [2.05, 4.69) is 36.3 Å². The largest absolute Gasteiger partial charge is 0.313 e. The van der Waals surface area contributed by atoms with Gasteiger partial charge in [-0.05, 0) is 44.5 Å². The van der Waals surface area contributed by atoms with Crippen LogP contribution in [0.15, 0.2) is 24.3 Å². The third-order valence-corrected chi connectivity index (χ3v) is 3.74. The van der Waals surface area contributed by atoms with Crippen molar-refractivity contribution < 1.29 is 0 Å². The van der Waals surface area contributed by atoms with Crippen LogP contribution in [0.5, 0.6) is 0 Å². The van der Waals surface area contributed by atoms with Gasteiger partial charge in [-0.3, -0.25) is 4.90 Å². The van der Waals surface area contributed by atoms with Crippen molar-refractivity contribution in [2.45, 2.75) is 31.8 Å². The van der Waals surface area contributed by atoms with E-state index in [1.807, 2.05) is 12.1 Å². The molecule has 1 fully saturated rings. The summed E-state index contributed by atoms with van der Waals surface area (Å²) in [5.74, 6) is 0. The fourth-order valence-electron chi connectivity index (χ4n) is 1.92. The topological polar surface area (TPSA) is 15.3 Å². The molecule has 0 spiro atoms. The highest BCUT2D eigenvalue weighted by atomic mass is 35.5. The van der Waals surface area contributed by atoms with Crippen molar-refractivity contribution >= 4 is 11.6 Å². The van der Waals surface area contributed by atoms with Gasteiger partial charge in [0.15, 0.2) is 0 Å². The molecule has 0 saturated heterocycles. The molecule has 0 aliphatic heterocycles. The maximum atomic E-state index is 5.90. The second-order valence-corrected chi connectivity index (χ2v) is 5.37. The first-order valence-corrected chi connectivity index (χ1v) is 6.73. The SMILES string of the molecule is CC(c1ccc(Cl)cc1)N(C)CCNC1CC1. The van der Waals surface area contributed by atoms with Crippen molar-refractivity contribution in [3.8, 4) is 0 Å². The van der Waals surface area contributed by atoms with Crippen LogP contribution in [-0.2, 0) is 0 Å². The Morgan fingerprint density at radius 2 is 2.00 bits per heavy atom. The van der Waals surface area contributed by atoms with E-state index in [1.165, 1.54) is 18.4 Å². The number of hydrogen-bond acceptors (Lipinski definition) is 2. The summed E-state index contributed by atoms with van der Waals surface area (Å²) in [4.78, 5) is 2.37. The van der Waals surface area contributed by atoms with E-state index in [0.717, 1.165) is 24.2 Å². The van der Waals surface area contributed by atoms with E-state index >= 15 is 0 Å². The molecule has 1 unspecified atom stereocenters. The van der Waals surface area contributed by atoms with Crippen LogP contribution in [0, 0.1) is 0 Å². The highest BCUT2D eigenvalue weighted by molar-refractivity contribution is 6.30. The van der Waals surface area contributed by atoms with Gasteiger partial charge in [0.1, 0.15) is 0 Å². The highest BCUT2D eigenvalue weighted by Gasteiger charge is 2.20. The molecule has 17 heavy (non-hydrogen) atoms. The fourth-order valence-corrected chi connectivity index (χ4v) is 2.05. The van der Waals surface area contributed by atoms with Crippen molar-refractivity contribution in [3.05, 3.63) is 34.9 Å². The van der Waals surface area contributed by atoms with Gasteiger partial charge < -0.3 is 5.32 Å². The summed E-state index contributed by atoms with van der Waals surface area (Å²) < 4.78 is 0. The van der Waals surface area contributed by atoms with Crippen LogP contribution in [0.25, 0.3) is 0 Å². The first kappa shape index (κ1) is 12.9. The molecule has 1 aromatic carbocycles. The van der Waals surface area contributed by atoms with E-state index in [1.54, 1.807) is 0 Å². The molecular formula is C14H21ClN2. The molecule has 0 heterocycles. The third kappa shape index (κ3) is 3.98. The van der Waals surface area contributed by atoms with Gasteiger partial charge in [-0.2, -0.15) is 0 Å². The predicted molar refractivity (Wildman–Crippen MR) is 73.5 cm³/mol. The maximum Gasteiger partial charge on any atom is 0.0406 e. The van der Waals surface area contributed by atoms with E-state index in [0.29, 0.717) is 6.04 Å². The van der Waals surface area contributed by atoms with Crippen molar-refractivity contribution in [2.75, 3.05) is 20.1 Å². The molecule has 0 bridgehead atoms. The molecule has 94 valence electrons. The van der Waals surface area contributed by atoms with Gasteiger partial charge in [-0.1, -0.05) is 23.7 Å². The lowest BCUT2D eigenvalue weighted by Gasteiger charge is -2.25. The first-order valence-electron chi connectivity index (χ1n) is 6.36. The summed E-state index contributed by atoms with van der Waals surface area (Å²) in [6.07, 6.45) is 2.72. The molecule has 3 heteroatoms. The third-order valence-electron chi connectivity index (χ3n) is 3.49. The normalized spacial score (nSPS) is 17.4. The van der Waals surface area contributed by atoms with E-state index < -0.39 is 0 Å². The van der Waals surface area contributed by atoms with Crippen LogP contribution < -0.4 is 5.32 Å². The van der Waals surface area contributed by atoms with Crippen molar-refractivity contribution in [1.82, 2.24) is 10.2 Å². The van der Waals surface area contributed by atoms with Gasteiger partial charge in [0, 0.05) is 30.2 Å². The smallest absolute Gasteiger partial charge is 0.0406 e. The summed E-state index contributed by atoms with van der Waals surface area (Å²) in [6, 6.07) is 9.38. The fraction of sp³-hybridized carbons (Fsp3) is 0.571. The Kier molecular flexibility index (Phi) is 4.43. The Bertz CT molecular complexity index is 346. The summed E-state index contributed by atoms with van der Waals surface area (Å²) in [5.41, 5.74) is 1.32. The van der Waals surface area contributed by atoms with Crippen molar-refractivity contribution in [1.29, 1.82) is 0 Å². The van der Waals surface area contributed by atoms with E-state index in [9.17, 15) is 0 Å². The van der Waals surface area contributed by atoms with Gasteiger partial charge in [-0.15, -0.1) is 0 Å². The zero-order valence-electron chi connectivity index (χ0n) is 10.6. The van der Waals surface area contributed by atoms with Crippen LogP contribution in [-0.4, -0.2) is 31.1 Å². The van der Waals surface area contributed by atoms with Crippen molar-refractivity contribution in [2.24, 2.45) is 0 Å². The first-order chi connectivity index (χ1) is 8.16. The van der Waals surface area contributed by atoms with E-state index in [4.69, 9.17) is 11.6 Å². The lowest BCUT2D eigenvalue weighted by molar-refractivity contribution is 0.261. The quantitative estimate of drug-likeness (QED) is 0.837. The monoisotopic (exact) mass is 252 g/mol. The Morgan fingerprint density at radius 3 is 2.59 bits per heavy atom. The molecule has 2 rings (SSSR count). The standard InChI is InChI=1S/C14H21ClN2/c1-11(12-3-5-13(15)6-4-12)17(2)10-9-16-14-7-8-14/h3-6,11,14,16H,7-10H2,1-2H3. The Morgan fingerprint density at radius 1 is 1.35 bits per heavy atom. The number of rotatable bonds is 6. The minimum atomic E-state index is 0.438. The van der Waals surface area contributed by atoms with Gasteiger partial charge in [0.25, 0.3) is 0 Å². The lowest BCUT2D eigenvalue weighted by atomic mass is 10.1. The van der Waals surface area contributed by atoms with Gasteiger partial charge in [0.2, 0.25) is 0 Å². The van der Waals surface area contributed by atoms with E-state index in [-0.39, 0.29) is 0 Å². The molecule has 0 amide bonds. The number of halogens is 1. The molecule has 1 aliphatic rings. The van der Waals surface area contributed by atoms with Crippen LogP contribution in [0.4, 0.5) is 0 Å². The van der Waals surface area contributed by atoms with Crippen LogP contribution in [0.2, 0.25) is 5.02 Å². The summed E-state index contributed by atoms with van der Waals surface area (Å²) in [6.45, 7) is 4.40. The average molecular weight is 253 g/mol. The number of nitrogens with one attached hydrogen (secondary N) is 1. The number of nitrogens with zero attached hydrogens (tertiary/aromatic N) is 1. The molecule has 1 saturated carbocycles. The number of likely N-dealkylation sites (N-methyl/N-ethyl adjacent to an activating group) is 1. The zero-order valence-corrected chi connectivity index (χ0v) is 11.4. The summed E-state index contributed by atoms with van der Waals surface area (Å²) >= 11 is 5.90. The molecule has 1 atom stereocenters. The van der Waals surface area contributed by atoms with Gasteiger partial charge in [-0.25, -0.2) is 0 Å². The highest BCUT2D eigenvalue weighted by Crippen LogP contribution is 2.21. The lowest BCUT2D eigenvalue weighted by Crippen LogP contribution is -2.32. The van der Waals surface area contributed by atoms with Gasteiger partial charge in [0.05, 0.1) is 0 Å². The Hall–Kier alpha value is -0.570. The van der Waals surface area contributed by atoms with Crippen LogP contribution in [0.3, 0.4) is 0 Å². The summed E-state index contributed by atoms with van der Waals surface area (Å²) in [5, 5.41) is 4.34. The Labute approximate surface area is 109 Å². The van der Waals surface area contributed by atoms with Gasteiger partial charge >= 0.3 is 0 Å². The van der Waals surface area contributed by atoms with Crippen LogP contribution in [0.1, 0.15) is 31.4 Å². The number of benzene rings is 1. The average Bonchev–Trinajstić information content (AvgIpc) is 3.13. The molecule has 1 aliphatic carbocycles. The zero-order chi connectivity index (χ0) is 12.3. The molecule has 2 nitrogen and oxygen atoms in total. The molecule has 1 N–H and O–H groups in total. The Balaban J connectivity index is 1.80. The summed E-state index contributed by atoms with van der Waals surface area (Å²) in [7, 11) is 2.17. The molecule has 0 aromatic heterocycles. The van der Waals surface area contributed by atoms with Crippen LogP contribution >= 0.6 is 11.6 Å². The second-order valence-electron chi connectivity index (χ2n) is 4.94. The minimum Gasteiger partial charge on any atom is -0.313 e. The minimum absolute atomic E-state index is 0.438. The second kappa shape index (κ2) is 5.85. The maximum absolute atomic E-state index is 5.90. The van der Waals surface area contributed by atoms with Crippen molar-refractivity contribution in [3.63, 3.8) is 0 Å². The molecule has 0 radical (unpaired) electrons. The number of hydrogen-bond donors (Lipinski definition) is 1. The molecular weight excluding hydrogens is 232 g/mol. The predicted octanol–water partition coefficient (Wildman–Crippen LogP) is 3.08.